The first-order valence-electron chi connectivity index (χ1n) is 5.24. The van der Waals surface area contributed by atoms with Gasteiger partial charge in [-0.1, -0.05) is 40.5 Å². The van der Waals surface area contributed by atoms with Gasteiger partial charge in [0, 0.05) is 0 Å². The van der Waals surface area contributed by atoms with Crippen LogP contribution in [0.2, 0.25) is 0 Å². The molecule has 0 aromatic carbocycles. The second-order valence-corrected chi connectivity index (χ2v) is 4.03. The maximum atomic E-state index is 11.1. The second kappa shape index (κ2) is 6.93. The van der Waals surface area contributed by atoms with Crippen molar-refractivity contribution in [2.75, 3.05) is 6.61 Å². The number of ether oxygens (including phenoxy) is 1. The minimum Gasteiger partial charge on any atom is -0.465 e. The number of carbonyl (C=O) groups excluding carboxylic acids is 1. The minimum absolute atomic E-state index is 0.00150. The number of hydrogen-bond acceptors (Lipinski definition) is 2. The van der Waals surface area contributed by atoms with Gasteiger partial charge in [-0.25, -0.2) is 0 Å². The molecule has 0 rings (SSSR count). The van der Waals surface area contributed by atoms with Gasteiger partial charge in [-0.3, -0.25) is 4.79 Å². The van der Waals surface area contributed by atoms with Crippen LogP contribution in [0.5, 0.6) is 0 Å². The van der Waals surface area contributed by atoms with E-state index in [1.54, 1.807) is 0 Å². The molecule has 0 amide bonds. The molecule has 2 nitrogen and oxygen atoms in total. The summed E-state index contributed by atoms with van der Waals surface area (Å²) >= 11 is 0. The fourth-order valence-electron chi connectivity index (χ4n) is 1.03. The van der Waals surface area contributed by atoms with E-state index in [9.17, 15) is 4.79 Å². The van der Waals surface area contributed by atoms with Gasteiger partial charge in [0.05, 0.1) is 12.5 Å². The van der Waals surface area contributed by atoms with Gasteiger partial charge in [0.1, 0.15) is 0 Å². The Hall–Kier alpha value is -0.530. The first-order valence-corrected chi connectivity index (χ1v) is 5.24. The normalized spacial score (nSPS) is 13.0. The molecule has 0 aliphatic carbocycles. The summed E-state index contributed by atoms with van der Waals surface area (Å²) < 4.78 is 5.12. The van der Waals surface area contributed by atoms with Crippen LogP contribution in [0.4, 0.5) is 0 Å². The van der Waals surface area contributed by atoms with Crippen LogP contribution in [-0.4, -0.2) is 12.6 Å². The Kier molecular flexibility index (Phi) is 6.65. The van der Waals surface area contributed by atoms with Crippen molar-refractivity contribution in [2.45, 2.75) is 47.0 Å². The standard InChI is InChI=1S/C11H22O2/c1-5-6-7-10(4)8-13-11(12)9(2)3/h9-10H,5-8H2,1-4H3. The minimum atomic E-state index is -0.0802. The molecule has 0 spiro atoms. The lowest BCUT2D eigenvalue weighted by atomic mass is 10.1. The summed E-state index contributed by atoms with van der Waals surface area (Å²) in [6, 6.07) is 0. The smallest absolute Gasteiger partial charge is 0.308 e. The van der Waals surface area contributed by atoms with Crippen molar-refractivity contribution in [3.63, 3.8) is 0 Å². The molecule has 13 heavy (non-hydrogen) atoms. The number of rotatable bonds is 6. The third-order valence-corrected chi connectivity index (χ3v) is 2.03. The molecule has 0 saturated carbocycles. The quantitative estimate of drug-likeness (QED) is 0.596. The van der Waals surface area contributed by atoms with E-state index >= 15 is 0 Å². The van der Waals surface area contributed by atoms with E-state index in [-0.39, 0.29) is 11.9 Å². The highest BCUT2D eigenvalue weighted by atomic mass is 16.5. The maximum absolute atomic E-state index is 11.1. The van der Waals surface area contributed by atoms with Crippen molar-refractivity contribution >= 4 is 5.97 Å². The van der Waals surface area contributed by atoms with Crippen LogP contribution in [0.3, 0.4) is 0 Å². The van der Waals surface area contributed by atoms with Gasteiger partial charge in [-0.05, 0) is 12.3 Å². The molecule has 1 atom stereocenters. The molecule has 2 heteroatoms. The van der Waals surface area contributed by atoms with E-state index in [2.05, 4.69) is 13.8 Å². The molecule has 0 heterocycles. The van der Waals surface area contributed by atoms with E-state index < -0.39 is 0 Å². The van der Waals surface area contributed by atoms with Crippen LogP contribution in [0, 0.1) is 11.8 Å². The molecule has 0 aromatic heterocycles. The molecule has 0 aromatic rings. The van der Waals surface area contributed by atoms with Gasteiger partial charge in [0.25, 0.3) is 0 Å². The van der Waals surface area contributed by atoms with Crippen molar-refractivity contribution < 1.29 is 9.53 Å². The van der Waals surface area contributed by atoms with Crippen molar-refractivity contribution in [3.05, 3.63) is 0 Å². The summed E-state index contributed by atoms with van der Waals surface area (Å²) in [5, 5.41) is 0. The van der Waals surface area contributed by atoms with Gasteiger partial charge < -0.3 is 4.74 Å². The average Bonchev–Trinajstić information content (AvgIpc) is 2.10. The molecule has 78 valence electrons. The first kappa shape index (κ1) is 12.5. The monoisotopic (exact) mass is 186 g/mol. The molecule has 0 saturated heterocycles. The zero-order chi connectivity index (χ0) is 10.3. The van der Waals surface area contributed by atoms with E-state index in [4.69, 9.17) is 4.74 Å². The average molecular weight is 186 g/mol. The lowest BCUT2D eigenvalue weighted by Gasteiger charge is -2.12. The highest BCUT2D eigenvalue weighted by Crippen LogP contribution is 2.08. The van der Waals surface area contributed by atoms with E-state index in [1.807, 2.05) is 13.8 Å². The Morgan fingerprint density at radius 3 is 2.38 bits per heavy atom. The van der Waals surface area contributed by atoms with Crippen molar-refractivity contribution in [1.82, 2.24) is 0 Å². The van der Waals surface area contributed by atoms with Crippen LogP contribution in [0.15, 0.2) is 0 Å². The zero-order valence-electron chi connectivity index (χ0n) is 9.30. The Morgan fingerprint density at radius 2 is 1.92 bits per heavy atom. The Morgan fingerprint density at radius 1 is 1.31 bits per heavy atom. The van der Waals surface area contributed by atoms with E-state index in [0.29, 0.717) is 12.5 Å². The third kappa shape index (κ3) is 6.62. The topological polar surface area (TPSA) is 26.3 Å². The fourth-order valence-corrected chi connectivity index (χ4v) is 1.03. The zero-order valence-corrected chi connectivity index (χ0v) is 9.30. The number of unbranched alkanes of at least 4 members (excludes halogenated alkanes) is 1. The third-order valence-electron chi connectivity index (χ3n) is 2.03. The summed E-state index contributed by atoms with van der Waals surface area (Å²) in [5.74, 6) is 0.421. The molecule has 0 aliphatic heterocycles. The summed E-state index contributed by atoms with van der Waals surface area (Å²) in [5.41, 5.74) is 0. The highest BCUT2D eigenvalue weighted by molar-refractivity contribution is 5.71. The van der Waals surface area contributed by atoms with Crippen molar-refractivity contribution in [3.8, 4) is 0 Å². The maximum Gasteiger partial charge on any atom is 0.308 e. The summed E-state index contributed by atoms with van der Waals surface area (Å²) in [4.78, 5) is 11.1. The van der Waals surface area contributed by atoms with Gasteiger partial charge >= 0.3 is 5.97 Å². The Labute approximate surface area is 81.7 Å². The first-order chi connectivity index (χ1) is 6.07. The molecular formula is C11H22O2. The summed E-state index contributed by atoms with van der Waals surface area (Å²) in [6.07, 6.45) is 3.59. The molecule has 1 unspecified atom stereocenters. The van der Waals surface area contributed by atoms with Crippen molar-refractivity contribution in [2.24, 2.45) is 11.8 Å². The molecule has 0 bridgehead atoms. The van der Waals surface area contributed by atoms with Gasteiger partial charge in [-0.2, -0.15) is 0 Å². The summed E-state index contributed by atoms with van der Waals surface area (Å²) in [6.45, 7) is 8.60. The fraction of sp³-hybridized carbons (Fsp3) is 0.909. The van der Waals surface area contributed by atoms with Gasteiger partial charge in [0.2, 0.25) is 0 Å². The lowest BCUT2D eigenvalue weighted by molar-refractivity contribution is -0.148. The predicted molar refractivity (Wildman–Crippen MR) is 54.5 cm³/mol. The Bertz CT molecular complexity index is 141. The van der Waals surface area contributed by atoms with E-state index in [0.717, 1.165) is 6.42 Å². The number of hydrogen-bond donors (Lipinski definition) is 0. The van der Waals surface area contributed by atoms with Crippen LogP contribution >= 0.6 is 0 Å². The van der Waals surface area contributed by atoms with Crippen LogP contribution in [0.1, 0.15) is 47.0 Å². The second-order valence-electron chi connectivity index (χ2n) is 4.03. The van der Waals surface area contributed by atoms with Gasteiger partial charge in [-0.15, -0.1) is 0 Å². The van der Waals surface area contributed by atoms with Gasteiger partial charge in [0.15, 0.2) is 0 Å². The molecular weight excluding hydrogens is 164 g/mol. The van der Waals surface area contributed by atoms with Crippen LogP contribution in [0.25, 0.3) is 0 Å². The van der Waals surface area contributed by atoms with Crippen molar-refractivity contribution in [1.29, 1.82) is 0 Å². The van der Waals surface area contributed by atoms with Crippen LogP contribution < -0.4 is 0 Å². The number of esters is 1. The lowest BCUT2D eigenvalue weighted by Crippen LogP contribution is -2.16. The number of carbonyl (C=O) groups is 1. The Balaban J connectivity index is 3.46. The predicted octanol–water partition coefficient (Wildman–Crippen LogP) is 3.01. The molecule has 0 N–H and O–H groups in total. The van der Waals surface area contributed by atoms with E-state index in [1.165, 1.54) is 12.8 Å². The molecule has 0 fully saturated rings. The van der Waals surface area contributed by atoms with Crippen LogP contribution in [-0.2, 0) is 9.53 Å². The SMILES string of the molecule is CCCCC(C)COC(=O)C(C)C. The summed E-state index contributed by atoms with van der Waals surface area (Å²) in [7, 11) is 0. The highest BCUT2D eigenvalue weighted by Gasteiger charge is 2.10. The molecule has 0 aliphatic rings. The largest absolute Gasteiger partial charge is 0.465 e. The molecule has 0 radical (unpaired) electrons.